The molecule has 1 atom stereocenters. The number of phenolic OH excluding ortho intramolecular Hbond substituents is 1. The number of nitrogens with zero attached hydrogens (tertiary/aromatic N) is 4. The van der Waals surface area contributed by atoms with Crippen molar-refractivity contribution >= 4 is 17.9 Å². The number of aromatic nitrogens is 1. The second kappa shape index (κ2) is 7.16. The van der Waals surface area contributed by atoms with Crippen LogP contribution in [0, 0.1) is 11.3 Å². The highest BCUT2D eigenvalue weighted by molar-refractivity contribution is 6.08. The van der Waals surface area contributed by atoms with Gasteiger partial charge in [-0.25, -0.2) is 4.98 Å². The van der Waals surface area contributed by atoms with E-state index in [1.165, 1.54) is 22.1 Å². The molecular formula is C21H20N4O3. The number of nitriles is 1. The molecule has 0 saturated carbocycles. The molecule has 1 aliphatic rings. The number of hydrogen-bond donors (Lipinski definition) is 1. The van der Waals surface area contributed by atoms with Gasteiger partial charge in [0.25, 0.3) is 11.8 Å². The van der Waals surface area contributed by atoms with Gasteiger partial charge in [0.1, 0.15) is 28.7 Å². The Morgan fingerprint density at radius 1 is 1.25 bits per heavy atom. The van der Waals surface area contributed by atoms with Crippen molar-refractivity contribution < 1.29 is 14.7 Å². The number of piperazine rings is 1. The normalized spacial score (nSPS) is 21.1. The average molecular weight is 376 g/mol. The average Bonchev–Trinajstić information content (AvgIpc) is 2.69. The molecule has 2 aromatic rings. The molecule has 1 aromatic heterocycles. The number of pyridine rings is 1. The van der Waals surface area contributed by atoms with Crippen LogP contribution in [0.5, 0.6) is 5.75 Å². The van der Waals surface area contributed by atoms with E-state index < -0.39 is 5.54 Å². The Morgan fingerprint density at radius 2 is 2.00 bits per heavy atom. The van der Waals surface area contributed by atoms with Crippen molar-refractivity contribution in [1.82, 2.24) is 14.8 Å². The van der Waals surface area contributed by atoms with E-state index in [1.54, 1.807) is 57.4 Å². The van der Waals surface area contributed by atoms with Crippen molar-refractivity contribution in [2.45, 2.75) is 18.9 Å². The molecular weight excluding hydrogens is 356 g/mol. The first kappa shape index (κ1) is 19.1. The summed E-state index contributed by atoms with van der Waals surface area (Å²) < 4.78 is 0. The minimum absolute atomic E-state index is 0.105. The lowest BCUT2D eigenvalue weighted by atomic mass is 9.87. The second-order valence-corrected chi connectivity index (χ2v) is 6.93. The van der Waals surface area contributed by atoms with E-state index >= 15 is 0 Å². The molecule has 0 bridgehead atoms. The maximum Gasteiger partial charge on any atom is 0.271 e. The molecule has 2 heterocycles. The minimum atomic E-state index is -1.11. The van der Waals surface area contributed by atoms with Crippen molar-refractivity contribution in [3.8, 4) is 11.8 Å². The van der Waals surface area contributed by atoms with Gasteiger partial charge in [-0.2, -0.15) is 5.26 Å². The monoisotopic (exact) mass is 376 g/mol. The smallest absolute Gasteiger partial charge is 0.271 e. The van der Waals surface area contributed by atoms with E-state index in [0.717, 1.165) is 5.56 Å². The van der Waals surface area contributed by atoms with Crippen LogP contribution in [-0.2, 0) is 16.0 Å². The second-order valence-electron chi connectivity index (χ2n) is 6.93. The number of benzene rings is 1. The zero-order chi connectivity index (χ0) is 20.5. The van der Waals surface area contributed by atoms with E-state index in [0.29, 0.717) is 5.56 Å². The highest BCUT2D eigenvalue weighted by Gasteiger charge is 2.48. The summed E-state index contributed by atoms with van der Waals surface area (Å²) in [5.41, 5.74) is 0.461. The molecule has 1 aromatic carbocycles. The first-order chi connectivity index (χ1) is 13.3. The third-order valence-electron chi connectivity index (χ3n) is 5.09. The molecule has 0 radical (unpaired) electrons. The van der Waals surface area contributed by atoms with Crippen LogP contribution in [0.2, 0.25) is 0 Å². The van der Waals surface area contributed by atoms with Crippen LogP contribution < -0.4 is 0 Å². The van der Waals surface area contributed by atoms with Gasteiger partial charge in [-0.3, -0.25) is 9.59 Å². The van der Waals surface area contributed by atoms with Gasteiger partial charge in [0.05, 0.1) is 0 Å². The molecule has 0 aliphatic carbocycles. The Kier molecular flexibility index (Phi) is 4.89. The molecule has 2 amide bonds. The first-order valence-corrected chi connectivity index (χ1v) is 8.69. The van der Waals surface area contributed by atoms with Crippen LogP contribution in [-0.4, -0.2) is 51.3 Å². The maximum absolute atomic E-state index is 13.2. The highest BCUT2D eigenvalue weighted by atomic mass is 16.3. The summed E-state index contributed by atoms with van der Waals surface area (Å²) in [7, 11) is 3.13. The molecule has 0 spiro atoms. The van der Waals surface area contributed by atoms with Gasteiger partial charge in [-0.15, -0.1) is 0 Å². The Balaban J connectivity index is 2.00. The van der Waals surface area contributed by atoms with Crippen molar-refractivity contribution in [2.75, 3.05) is 14.1 Å². The van der Waals surface area contributed by atoms with Gasteiger partial charge in [0.15, 0.2) is 0 Å². The number of phenols is 1. The summed E-state index contributed by atoms with van der Waals surface area (Å²) in [5, 5.41) is 18.9. The van der Waals surface area contributed by atoms with Crippen molar-refractivity contribution in [2.24, 2.45) is 0 Å². The van der Waals surface area contributed by atoms with Crippen molar-refractivity contribution in [1.29, 1.82) is 5.26 Å². The minimum Gasteiger partial charge on any atom is -0.508 e. The van der Waals surface area contributed by atoms with Gasteiger partial charge in [0.2, 0.25) is 0 Å². The van der Waals surface area contributed by atoms with Gasteiger partial charge >= 0.3 is 0 Å². The molecule has 1 saturated heterocycles. The predicted molar refractivity (Wildman–Crippen MR) is 103 cm³/mol. The topological polar surface area (TPSA) is 97.5 Å². The fourth-order valence-corrected chi connectivity index (χ4v) is 3.35. The molecule has 1 fully saturated rings. The Labute approximate surface area is 163 Å². The third kappa shape index (κ3) is 3.21. The predicted octanol–water partition coefficient (Wildman–Crippen LogP) is 1.93. The third-order valence-corrected chi connectivity index (χ3v) is 5.09. The quantitative estimate of drug-likeness (QED) is 0.826. The lowest BCUT2D eigenvalue weighted by molar-refractivity contribution is -0.155. The summed E-state index contributed by atoms with van der Waals surface area (Å²) >= 11 is 0. The van der Waals surface area contributed by atoms with Crippen LogP contribution in [0.3, 0.4) is 0 Å². The molecule has 3 rings (SSSR count). The zero-order valence-electron chi connectivity index (χ0n) is 15.9. The molecule has 7 nitrogen and oxygen atoms in total. The largest absolute Gasteiger partial charge is 0.508 e. The number of amides is 2. The molecule has 1 N–H and O–H groups in total. The number of carbonyl (C=O) groups excluding carboxylic acids is 2. The van der Waals surface area contributed by atoms with E-state index in [2.05, 4.69) is 4.98 Å². The van der Waals surface area contributed by atoms with Crippen LogP contribution in [0.1, 0.15) is 23.7 Å². The molecule has 142 valence electrons. The Hall–Kier alpha value is -3.66. The van der Waals surface area contributed by atoms with Crippen molar-refractivity contribution in [3.63, 3.8) is 0 Å². The molecule has 7 heteroatoms. The van der Waals surface area contributed by atoms with Crippen molar-refractivity contribution in [3.05, 3.63) is 65.1 Å². The summed E-state index contributed by atoms with van der Waals surface area (Å²) in [6, 6.07) is 12.0. The van der Waals surface area contributed by atoms with E-state index in [-0.39, 0.29) is 35.4 Å². The summed E-state index contributed by atoms with van der Waals surface area (Å²) in [6.07, 6.45) is 3.27. The number of hydrogen-bond acceptors (Lipinski definition) is 5. The molecule has 1 unspecified atom stereocenters. The van der Waals surface area contributed by atoms with Crippen LogP contribution >= 0.6 is 0 Å². The summed E-state index contributed by atoms with van der Waals surface area (Å²) in [5.74, 6) is -0.489. The fourth-order valence-electron chi connectivity index (χ4n) is 3.35. The Morgan fingerprint density at radius 3 is 2.68 bits per heavy atom. The SMILES string of the molecule is CN1C(=O)C(C)(Cc2cccc(O)c2)N(C)C(=O)C1=Cc1cccnc1C#N. The van der Waals surface area contributed by atoms with Crippen LogP contribution in [0.15, 0.2) is 48.3 Å². The zero-order valence-corrected chi connectivity index (χ0v) is 15.9. The van der Waals surface area contributed by atoms with Gasteiger partial charge in [-0.1, -0.05) is 18.2 Å². The lowest BCUT2D eigenvalue weighted by Gasteiger charge is -2.45. The van der Waals surface area contributed by atoms with E-state index in [9.17, 15) is 20.0 Å². The highest BCUT2D eigenvalue weighted by Crippen LogP contribution is 2.31. The van der Waals surface area contributed by atoms with Crippen LogP contribution in [0.25, 0.3) is 6.08 Å². The maximum atomic E-state index is 13.2. The van der Waals surface area contributed by atoms with Crippen LogP contribution in [0.4, 0.5) is 0 Å². The fraction of sp³-hybridized carbons (Fsp3) is 0.238. The number of rotatable bonds is 3. The van der Waals surface area contributed by atoms with Gasteiger partial charge in [0, 0.05) is 32.3 Å². The summed E-state index contributed by atoms with van der Waals surface area (Å²) in [6.45, 7) is 1.70. The molecule has 1 aliphatic heterocycles. The summed E-state index contributed by atoms with van der Waals surface area (Å²) in [4.78, 5) is 33.0. The van der Waals surface area contributed by atoms with E-state index in [4.69, 9.17) is 0 Å². The first-order valence-electron chi connectivity index (χ1n) is 8.69. The number of likely N-dealkylation sites (N-methyl/N-ethyl adjacent to an activating group) is 2. The molecule has 28 heavy (non-hydrogen) atoms. The lowest BCUT2D eigenvalue weighted by Crippen LogP contribution is -2.64. The number of aromatic hydroxyl groups is 1. The van der Waals surface area contributed by atoms with Gasteiger partial charge < -0.3 is 14.9 Å². The van der Waals surface area contributed by atoms with E-state index in [1.807, 2.05) is 6.07 Å². The standard InChI is InChI=1S/C21H20N4O3/c1-21(12-14-6-4-8-16(26)10-14)20(28)24(2)18(19(27)25(21)3)11-15-7-5-9-23-17(15)13-22/h4-11,26H,12H2,1-3H3. The number of carbonyl (C=O) groups is 2. The Bertz CT molecular complexity index is 1020. The van der Waals surface area contributed by atoms with Gasteiger partial charge in [-0.05, 0) is 36.8 Å².